The van der Waals surface area contributed by atoms with Gasteiger partial charge in [0.05, 0.1) is 11.8 Å². The van der Waals surface area contributed by atoms with E-state index in [1.54, 1.807) is 14.1 Å². The lowest BCUT2D eigenvalue weighted by Gasteiger charge is -2.12. The molecule has 8 nitrogen and oxygen atoms in total. The maximum absolute atomic E-state index is 12.4. The van der Waals surface area contributed by atoms with Crippen LogP contribution in [0.3, 0.4) is 0 Å². The number of furan rings is 1. The lowest BCUT2D eigenvalue weighted by Crippen LogP contribution is -2.39. The molecule has 2 aromatic heterocycles. The molecule has 0 aliphatic carbocycles. The quantitative estimate of drug-likeness (QED) is 0.616. The number of para-hydroxylation sites is 1. The predicted molar refractivity (Wildman–Crippen MR) is 93.2 cm³/mol. The normalized spacial score (nSPS) is 10.6. The Bertz CT molecular complexity index is 863. The van der Waals surface area contributed by atoms with Crippen molar-refractivity contribution in [2.24, 2.45) is 0 Å². The molecule has 0 bridgehead atoms. The topological polar surface area (TPSA) is 103 Å². The monoisotopic (exact) mass is 341 g/mol. The van der Waals surface area contributed by atoms with Crippen molar-refractivity contribution in [3.05, 3.63) is 42.1 Å². The van der Waals surface area contributed by atoms with Gasteiger partial charge in [0.25, 0.3) is 5.91 Å². The highest BCUT2D eigenvalue weighted by molar-refractivity contribution is 6.00. The summed E-state index contributed by atoms with van der Waals surface area (Å²) in [7, 11) is 3.30. The fourth-order valence-corrected chi connectivity index (χ4v) is 2.35. The van der Waals surface area contributed by atoms with Crippen LogP contribution < -0.4 is 10.6 Å². The van der Waals surface area contributed by atoms with Gasteiger partial charge in [0.15, 0.2) is 5.76 Å². The summed E-state index contributed by atoms with van der Waals surface area (Å²) in [5.41, 5.74) is 1.65. The van der Waals surface area contributed by atoms with Gasteiger partial charge in [-0.1, -0.05) is 18.2 Å². The third-order valence-electron chi connectivity index (χ3n) is 3.65. The highest BCUT2D eigenvalue weighted by atomic mass is 16.3. The smallest absolute Gasteiger partial charge is 0.316 e. The van der Waals surface area contributed by atoms with Crippen LogP contribution in [0.25, 0.3) is 22.4 Å². The van der Waals surface area contributed by atoms with E-state index in [0.29, 0.717) is 30.1 Å². The molecule has 3 rings (SSSR count). The number of aromatic amines is 1. The maximum atomic E-state index is 12.4. The molecule has 0 saturated heterocycles. The summed E-state index contributed by atoms with van der Waals surface area (Å²) < 4.78 is 5.77. The molecule has 130 valence electrons. The minimum absolute atomic E-state index is 0.208. The summed E-state index contributed by atoms with van der Waals surface area (Å²) in [6, 6.07) is 9.26. The number of nitrogens with one attached hydrogen (secondary N) is 3. The average Bonchev–Trinajstić information content (AvgIpc) is 3.23. The molecule has 1 aromatic carbocycles. The van der Waals surface area contributed by atoms with Crippen LogP contribution in [-0.2, 0) is 0 Å². The zero-order chi connectivity index (χ0) is 17.8. The molecule has 8 heteroatoms. The summed E-state index contributed by atoms with van der Waals surface area (Å²) in [4.78, 5) is 25.2. The van der Waals surface area contributed by atoms with E-state index in [9.17, 15) is 9.59 Å². The first-order valence-corrected chi connectivity index (χ1v) is 7.82. The van der Waals surface area contributed by atoms with E-state index in [0.717, 1.165) is 11.0 Å². The molecule has 3 aromatic rings. The van der Waals surface area contributed by atoms with Gasteiger partial charge in [-0.25, -0.2) is 4.79 Å². The van der Waals surface area contributed by atoms with Crippen LogP contribution in [-0.4, -0.2) is 54.2 Å². The van der Waals surface area contributed by atoms with Gasteiger partial charge in [0, 0.05) is 32.6 Å². The zero-order valence-electron chi connectivity index (χ0n) is 14.0. The fourth-order valence-electron chi connectivity index (χ4n) is 2.35. The largest absolute Gasteiger partial charge is 0.454 e. The van der Waals surface area contributed by atoms with E-state index in [4.69, 9.17) is 4.42 Å². The molecule has 0 saturated carbocycles. The number of benzene rings is 1. The molecule has 0 spiro atoms. The van der Waals surface area contributed by atoms with Crippen molar-refractivity contribution in [1.82, 2.24) is 25.7 Å². The number of carbonyl (C=O) groups is 2. The van der Waals surface area contributed by atoms with E-state index >= 15 is 0 Å². The van der Waals surface area contributed by atoms with Crippen LogP contribution in [0.1, 0.15) is 10.4 Å². The average molecular weight is 341 g/mol. The molecular formula is C17H19N5O3. The van der Waals surface area contributed by atoms with E-state index < -0.39 is 0 Å². The number of hydrogen-bond acceptors (Lipinski definition) is 4. The van der Waals surface area contributed by atoms with Crippen molar-refractivity contribution >= 4 is 22.9 Å². The molecule has 0 aliphatic heterocycles. The number of fused-ring (bicyclic) bond motifs is 1. The summed E-state index contributed by atoms with van der Waals surface area (Å²) >= 11 is 0. The molecule has 0 radical (unpaired) electrons. The van der Waals surface area contributed by atoms with Crippen molar-refractivity contribution < 1.29 is 14.0 Å². The standard InChI is InChI=1S/C17H19N5O3/c1-22(2)17(24)19-8-7-18-16(23)12-10-20-21-15(12)14-9-11-5-3-4-6-13(11)25-14/h3-6,9-10H,7-8H2,1-2H3,(H,18,23)(H,19,24)(H,20,21). The Labute approximate surface area is 144 Å². The fraction of sp³-hybridized carbons (Fsp3) is 0.235. The van der Waals surface area contributed by atoms with Crippen LogP contribution in [0.15, 0.2) is 40.9 Å². The lowest BCUT2D eigenvalue weighted by molar-refractivity contribution is 0.0954. The Hall–Kier alpha value is -3.29. The number of amides is 3. The van der Waals surface area contributed by atoms with Gasteiger partial charge in [0.1, 0.15) is 11.3 Å². The molecule has 3 amide bonds. The van der Waals surface area contributed by atoms with Crippen molar-refractivity contribution in [1.29, 1.82) is 0 Å². The van der Waals surface area contributed by atoms with Gasteiger partial charge >= 0.3 is 6.03 Å². The Morgan fingerprint density at radius 1 is 1.20 bits per heavy atom. The van der Waals surface area contributed by atoms with Crippen LogP contribution in [0.2, 0.25) is 0 Å². The SMILES string of the molecule is CN(C)C(=O)NCCNC(=O)c1cn[nH]c1-c1cc2ccccc2o1. The maximum Gasteiger partial charge on any atom is 0.316 e. The molecule has 0 atom stereocenters. The third kappa shape index (κ3) is 3.63. The van der Waals surface area contributed by atoms with Crippen molar-refractivity contribution in [2.75, 3.05) is 27.2 Å². The zero-order valence-corrected chi connectivity index (χ0v) is 14.0. The summed E-state index contributed by atoms with van der Waals surface area (Å²) in [6.07, 6.45) is 1.45. The van der Waals surface area contributed by atoms with E-state index in [1.807, 2.05) is 30.3 Å². The second-order valence-electron chi connectivity index (χ2n) is 5.69. The second kappa shape index (κ2) is 7.08. The third-order valence-corrected chi connectivity index (χ3v) is 3.65. The van der Waals surface area contributed by atoms with Gasteiger partial charge in [-0.2, -0.15) is 5.10 Å². The predicted octanol–water partition coefficient (Wildman–Crippen LogP) is 1.82. The molecule has 3 N–H and O–H groups in total. The molecule has 0 fully saturated rings. The van der Waals surface area contributed by atoms with Crippen molar-refractivity contribution in [3.63, 3.8) is 0 Å². The van der Waals surface area contributed by atoms with Crippen LogP contribution in [0, 0.1) is 0 Å². The van der Waals surface area contributed by atoms with Gasteiger partial charge in [0.2, 0.25) is 0 Å². The first kappa shape index (κ1) is 16.6. The first-order valence-electron chi connectivity index (χ1n) is 7.82. The highest BCUT2D eigenvalue weighted by Gasteiger charge is 2.18. The van der Waals surface area contributed by atoms with Crippen LogP contribution in [0.4, 0.5) is 4.79 Å². The second-order valence-corrected chi connectivity index (χ2v) is 5.69. The first-order chi connectivity index (χ1) is 12.1. The highest BCUT2D eigenvalue weighted by Crippen LogP contribution is 2.28. The number of hydrogen-bond donors (Lipinski definition) is 3. The van der Waals surface area contributed by atoms with Gasteiger partial charge in [-0.05, 0) is 12.1 Å². The lowest BCUT2D eigenvalue weighted by atomic mass is 10.2. The minimum Gasteiger partial charge on any atom is -0.454 e. The number of aromatic nitrogens is 2. The number of H-pyrrole nitrogens is 1. The molecule has 2 heterocycles. The van der Waals surface area contributed by atoms with Gasteiger partial charge in [-0.15, -0.1) is 0 Å². The van der Waals surface area contributed by atoms with Crippen LogP contribution >= 0.6 is 0 Å². The minimum atomic E-state index is -0.289. The van der Waals surface area contributed by atoms with Crippen LogP contribution in [0.5, 0.6) is 0 Å². The summed E-state index contributed by atoms with van der Waals surface area (Å²) in [5, 5.41) is 13.1. The van der Waals surface area contributed by atoms with E-state index in [1.165, 1.54) is 11.1 Å². The number of carbonyl (C=O) groups excluding carboxylic acids is 2. The van der Waals surface area contributed by atoms with E-state index in [2.05, 4.69) is 20.8 Å². The number of urea groups is 1. The van der Waals surface area contributed by atoms with Gasteiger partial charge < -0.3 is 20.0 Å². The summed E-state index contributed by atoms with van der Waals surface area (Å²) in [5.74, 6) is 0.257. The van der Waals surface area contributed by atoms with Crippen molar-refractivity contribution in [3.8, 4) is 11.5 Å². The Morgan fingerprint density at radius 3 is 2.72 bits per heavy atom. The molecule has 0 aliphatic rings. The van der Waals surface area contributed by atoms with E-state index in [-0.39, 0.29) is 11.9 Å². The van der Waals surface area contributed by atoms with Gasteiger partial charge in [-0.3, -0.25) is 9.89 Å². The molecular weight excluding hydrogens is 322 g/mol. The van der Waals surface area contributed by atoms with Crippen molar-refractivity contribution in [2.45, 2.75) is 0 Å². The number of nitrogens with zero attached hydrogens (tertiary/aromatic N) is 2. The Kier molecular flexibility index (Phi) is 4.69. The Balaban J connectivity index is 1.66. The Morgan fingerprint density at radius 2 is 1.96 bits per heavy atom. The number of rotatable bonds is 5. The molecule has 0 unspecified atom stereocenters. The summed E-state index contributed by atoms with van der Waals surface area (Å²) in [6.45, 7) is 0.643. The molecule has 25 heavy (non-hydrogen) atoms.